The summed E-state index contributed by atoms with van der Waals surface area (Å²) in [6.45, 7) is 0.573. The van der Waals surface area contributed by atoms with Gasteiger partial charge in [-0.3, -0.25) is 9.59 Å². The van der Waals surface area contributed by atoms with E-state index in [4.69, 9.17) is 0 Å². The Morgan fingerprint density at radius 1 is 0.781 bits per heavy atom. The van der Waals surface area contributed by atoms with Gasteiger partial charge in [0.15, 0.2) is 15.6 Å². The topological polar surface area (TPSA) is 71.5 Å². The predicted octanol–water partition coefficient (Wildman–Crippen LogP) is 4.14. The van der Waals surface area contributed by atoms with Crippen molar-refractivity contribution in [2.24, 2.45) is 0 Å². The van der Waals surface area contributed by atoms with E-state index in [0.29, 0.717) is 23.3 Å². The molecule has 0 aliphatic carbocycles. The highest BCUT2D eigenvalue weighted by molar-refractivity contribution is 7.92. The largest absolute Gasteiger partial charge is 0.339 e. The van der Waals surface area contributed by atoms with E-state index in [1.54, 1.807) is 59.5 Å². The fourth-order valence-corrected chi connectivity index (χ4v) is 5.72. The first kappa shape index (κ1) is 21.9. The Balaban J connectivity index is 1.51. The van der Waals surface area contributed by atoms with E-state index in [9.17, 15) is 22.4 Å². The number of likely N-dealkylation sites (tertiary alicyclic amines) is 1. The second-order valence-electron chi connectivity index (χ2n) is 7.73. The standard InChI is InChI=1S/C25H22FNO4S/c26-19-12-10-18(11-13-19)24(28)22-8-4-5-9-23(22)25(29)27-16-14-21(15-17-27)32(30,31)20-6-2-1-3-7-20/h1-13,21H,14-17H2. The van der Waals surface area contributed by atoms with Crippen LogP contribution >= 0.6 is 0 Å². The average Bonchev–Trinajstić information content (AvgIpc) is 2.84. The quantitative estimate of drug-likeness (QED) is 0.547. The van der Waals surface area contributed by atoms with Crippen molar-refractivity contribution in [1.29, 1.82) is 0 Å². The van der Waals surface area contributed by atoms with E-state index in [1.807, 2.05) is 0 Å². The molecule has 0 saturated carbocycles. The lowest BCUT2D eigenvalue weighted by Gasteiger charge is -2.32. The highest BCUT2D eigenvalue weighted by Crippen LogP contribution is 2.26. The van der Waals surface area contributed by atoms with Crippen LogP contribution in [-0.2, 0) is 9.84 Å². The van der Waals surface area contributed by atoms with Gasteiger partial charge in [0.1, 0.15) is 5.82 Å². The van der Waals surface area contributed by atoms with Gasteiger partial charge < -0.3 is 4.90 Å². The van der Waals surface area contributed by atoms with Crippen LogP contribution in [0.5, 0.6) is 0 Å². The monoisotopic (exact) mass is 451 g/mol. The molecule has 0 atom stereocenters. The third kappa shape index (κ3) is 4.34. The van der Waals surface area contributed by atoms with Crippen LogP contribution in [0, 0.1) is 5.82 Å². The number of halogens is 1. The molecule has 0 radical (unpaired) electrons. The van der Waals surface area contributed by atoms with Gasteiger partial charge in [-0.1, -0.05) is 36.4 Å². The van der Waals surface area contributed by atoms with E-state index < -0.39 is 20.9 Å². The molecule has 1 fully saturated rings. The van der Waals surface area contributed by atoms with Crippen LogP contribution in [0.15, 0.2) is 83.8 Å². The van der Waals surface area contributed by atoms with Crippen molar-refractivity contribution in [3.8, 4) is 0 Å². The summed E-state index contributed by atoms with van der Waals surface area (Å²) in [6.07, 6.45) is 0.661. The van der Waals surface area contributed by atoms with Gasteiger partial charge in [-0.2, -0.15) is 0 Å². The van der Waals surface area contributed by atoms with Crippen molar-refractivity contribution in [3.05, 3.63) is 101 Å². The normalized spacial score (nSPS) is 14.8. The predicted molar refractivity (Wildman–Crippen MR) is 119 cm³/mol. The molecule has 0 spiro atoms. The van der Waals surface area contributed by atoms with E-state index in [1.165, 1.54) is 24.3 Å². The molecule has 7 heteroatoms. The van der Waals surface area contributed by atoms with Gasteiger partial charge in [0.2, 0.25) is 0 Å². The highest BCUT2D eigenvalue weighted by atomic mass is 32.2. The molecule has 3 aromatic carbocycles. The Morgan fingerprint density at radius 3 is 1.97 bits per heavy atom. The summed E-state index contributed by atoms with van der Waals surface area (Å²) in [5, 5.41) is -0.551. The molecule has 1 heterocycles. The maximum atomic E-state index is 13.2. The Kier molecular flexibility index (Phi) is 6.19. The summed E-state index contributed by atoms with van der Waals surface area (Å²) in [5.74, 6) is -1.12. The van der Waals surface area contributed by atoms with Crippen molar-refractivity contribution in [2.45, 2.75) is 23.0 Å². The lowest BCUT2D eigenvalue weighted by molar-refractivity contribution is 0.0722. The number of carbonyl (C=O) groups excluding carboxylic acids is 2. The number of benzene rings is 3. The van der Waals surface area contributed by atoms with Gasteiger partial charge in [-0.05, 0) is 55.3 Å². The maximum absolute atomic E-state index is 13.2. The summed E-state index contributed by atoms with van der Waals surface area (Å²) in [6, 6.07) is 20.0. The number of hydrogen-bond acceptors (Lipinski definition) is 4. The molecule has 0 bridgehead atoms. The molecule has 1 saturated heterocycles. The van der Waals surface area contributed by atoms with Crippen LogP contribution in [0.25, 0.3) is 0 Å². The second-order valence-corrected chi connectivity index (χ2v) is 9.96. The molecular weight excluding hydrogens is 429 g/mol. The van der Waals surface area contributed by atoms with Crippen LogP contribution in [0.1, 0.15) is 39.1 Å². The minimum Gasteiger partial charge on any atom is -0.339 e. The smallest absolute Gasteiger partial charge is 0.254 e. The Labute approximate surface area is 186 Å². The van der Waals surface area contributed by atoms with Gasteiger partial charge in [-0.15, -0.1) is 0 Å². The molecule has 0 aromatic heterocycles. The zero-order valence-corrected chi connectivity index (χ0v) is 18.1. The number of piperidine rings is 1. The Morgan fingerprint density at radius 2 is 1.34 bits per heavy atom. The number of sulfone groups is 1. The molecule has 1 amide bonds. The number of ketones is 1. The van der Waals surface area contributed by atoms with Crippen LogP contribution in [-0.4, -0.2) is 43.3 Å². The fraction of sp³-hybridized carbons (Fsp3) is 0.200. The third-order valence-corrected chi connectivity index (χ3v) is 8.03. The minimum atomic E-state index is -3.46. The summed E-state index contributed by atoms with van der Waals surface area (Å²) in [4.78, 5) is 28.0. The molecule has 5 nitrogen and oxygen atoms in total. The first-order chi connectivity index (χ1) is 15.4. The van der Waals surface area contributed by atoms with E-state index >= 15 is 0 Å². The maximum Gasteiger partial charge on any atom is 0.254 e. The number of amides is 1. The molecule has 1 aliphatic heterocycles. The van der Waals surface area contributed by atoms with Crippen molar-refractivity contribution in [3.63, 3.8) is 0 Å². The summed E-state index contributed by atoms with van der Waals surface area (Å²) < 4.78 is 39.0. The molecule has 3 aromatic rings. The number of carbonyl (C=O) groups is 2. The number of nitrogens with zero attached hydrogens (tertiary/aromatic N) is 1. The van der Waals surface area contributed by atoms with Crippen LogP contribution in [0.3, 0.4) is 0 Å². The molecule has 4 rings (SSSR count). The molecule has 32 heavy (non-hydrogen) atoms. The van der Waals surface area contributed by atoms with Crippen LogP contribution < -0.4 is 0 Å². The van der Waals surface area contributed by atoms with E-state index in [2.05, 4.69) is 0 Å². The van der Waals surface area contributed by atoms with Gasteiger partial charge in [-0.25, -0.2) is 12.8 Å². The fourth-order valence-electron chi connectivity index (χ4n) is 3.97. The zero-order chi connectivity index (χ0) is 22.7. The molecule has 164 valence electrons. The van der Waals surface area contributed by atoms with Crippen molar-refractivity contribution >= 4 is 21.5 Å². The second kappa shape index (κ2) is 9.04. The van der Waals surface area contributed by atoms with Gasteiger partial charge in [0, 0.05) is 24.2 Å². The van der Waals surface area contributed by atoms with Crippen molar-refractivity contribution in [1.82, 2.24) is 4.90 Å². The summed E-state index contributed by atoms with van der Waals surface area (Å²) in [7, 11) is -3.46. The summed E-state index contributed by atoms with van der Waals surface area (Å²) in [5.41, 5.74) is 0.786. The van der Waals surface area contributed by atoms with Crippen molar-refractivity contribution in [2.75, 3.05) is 13.1 Å². The van der Waals surface area contributed by atoms with E-state index in [0.717, 1.165) is 0 Å². The molecule has 0 unspecified atom stereocenters. The van der Waals surface area contributed by atoms with Gasteiger partial charge in [0.05, 0.1) is 15.7 Å². The Hall–Kier alpha value is -3.32. The van der Waals surface area contributed by atoms with Gasteiger partial charge >= 0.3 is 0 Å². The molecular formula is C25H22FNO4S. The SMILES string of the molecule is O=C(c1ccc(F)cc1)c1ccccc1C(=O)N1CCC(S(=O)(=O)c2ccccc2)CC1. The number of hydrogen-bond donors (Lipinski definition) is 0. The highest BCUT2D eigenvalue weighted by Gasteiger charge is 2.33. The number of rotatable bonds is 5. The van der Waals surface area contributed by atoms with Gasteiger partial charge in [0.25, 0.3) is 5.91 Å². The molecule has 0 N–H and O–H groups in total. The molecule has 1 aliphatic rings. The lowest BCUT2D eigenvalue weighted by Crippen LogP contribution is -2.42. The van der Waals surface area contributed by atoms with Crippen LogP contribution in [0.2, 0.25) is 0 Å². The minimum absolute atomic E-state index is 0.239. The van der Waals surface area contributed by atoms with Crippen LogP contribution in [0.4, 0.5) is 4.39 Å². The lowest BCUT2D eigenvalue weighted by atomic mass is 9.97. The first-order valence-corrected chi connectivity index (χ1v) is 11.9. The third-order valence-electron chi connectivity index (χ3n) is 5.75. The zero-order valence-electron chi connectivity index (χ0n) is 17.3. The summed E-state index contributed by atoms with van der Waals surface area (Å²) >= 11 is 0. The van der Waals surface area contributed by atoms with Crippen molar-refractivity contribution < 1.29 is 22.4 Å². The first-order valence-electron chi connectivity index (χ1n) is 10.4. The average molecular weight is 452 g/mol. The Bertz CT molecular complexity index is 1230. The van der Waals surface area contributed by atoms with E-state index in [-0.39, 0.29) is 35.9 Å².